The van der Waals surface area contributed by atoms with Crippen molar-refractivity contribution in [2.24, 2.45) is 11.7 Å². The topological polar surface area (TPSA) is 84.2 Å². The molecule has 1 aliphatic carbocycles. The molecule has 5 nitrogen and oxygen atoms in total. The average molecular weight is 340 g/mol. The number of hydrogen-bond donors (Lipinski definition) is 3. The third kappa shape index (κ3) is 6.59. The molecule has 2 amide bonds. The fourth-order valence-electron chi connectivity index (χ4n) is 2.95. The molecule has 2 rings (SSSR count). The summed E-state index contributed by atoms with van der Waals surface area (Å²) in [5, 5.41) is 5.82. The van der Waals surface area contributed by atoms with Gasteiger partial charge in [0.15, 0.2) is 0 Å². The SMILES string of the molecule is Cl.NCC1CCCC1NC(=O)CCNC(=O)Cc1ccccc1. The fraction of sp³-hybridized carbons (Fsp3) is 0.529. The van der Waals surface area contributed by atoms with Gasteiger partial charge in [0.1, 0.15) is 0 Å². The van der Waals surface area contributed by atoms with E-state index in [4.69, 9.17) is 5.73 Å². The molecule has 0 radical (unpaired) electrons. The van der Waals surface area contributed by atoms with Crippen LogP contribution in [0, 0.1) is 5.92 Å². The molecule has 0 heterocycles. The van der Waals surface area contributed by atoms with Gasteiger partial charge < -0.3 is 16.4 Å². The number of carbonyl (C=O) groups excluding carboxylic acids is 2. The Bertz CT molecular complexity index is 496. The molecule has 2 atom stereocenters. The van der Waals surface area contributed by atoms with Crippen LogP contribution in [0.4, 0.5) is 0 Å². The summed E-state index contributed by atoms with van der Waals surface area (Å²) in [7, 11) is 0. The van der Waals surface area contributed by atoms with E-state index in [2.05, 4.69) is 10.6 Å². The number of amides is 2. The first-order valence-electron chi connectivity index (χ1n) is 7.99. The molecule has 1 aliphatic rings. The monoisotopic (exact) mass is 339 g/mol. The maximum atomic E-state index is 11.9. The van der Waals surface area contributed by atoms with Crippen LogP contribution >= 0.6 is 12.4 Å². The van der Waals surface area contributed by atoms with Crippen molar-refractivity contribution in [2.45, 2.75) is 38.1 Å². The van der Waals surface area contributed by atoms with E-state index in [1.54, 1.807) is 0 Å². The van der Waals surface area contributed by atoms with Gasteiger partial charge in [-0.3, -0.25) is 9.59 Å². The van der Waals surface area contributed by atoms with E-state index in [0.29, 0.717) is 31.8 Å². The van der Waals surface area contributed by atoms with E-state index in [0.717, 1.165) is 24.8 Å². The zero-order chi connectivity index (χ0) is 15.8. The maximum absolute atomic E-state index is 11.9. The van der Waals surface area contributed by atoms with E-state index >= 15 is 0 Å². The molecule has 23 heavy (non-hydrogen) atoms. The van der Waals surface area contributed by atoms with Crippen molar-refractivity contribution < 1.29 is 9.59 Å². The first kappa shape index (κ1) is 19.5. The van der Waals surface area contributed by atoms with Crippen LogP contribution in [-0.2, 0) is 16.0 Å². The van der Waals surface area contributed by atoms with Crippen LogP contribution in [0.25, 0.3) is 0 Å². The highest BCUT2D eigenvalue weighted by atomic mass is 35.5. The highest BCUT2D eigenvalue weighted by Gasteiger charge is 2.26. The normalized spacial score (nSPS) is 19.7. The third-order valence-corrected chi connectivity index (χ3v) is 4.19. The summed E-state index contributed by atoms with van der Waals surface area (Å²) in [6, 6.07) is 9.77. The summed E-state index contributed by atoms with van der Waals surface area (Å²) in [4.78, 5) is 23.7. The van der Waals surface area contributed by atoms with Gasteiger partial charge in [0.25, 0.3) is 0 Å². The minimum atomic E-state index is -0.0558. The van der Waals surface area contributed by atoms with Gasteiger partial charge in [0.2, 0.25) is 11.8 Å². The zero-order valence-electron chi connectivity index (χ0n) is 13.3. The quantitative estimate of drug-likeness (QED) is 0.702. The van der Waals surface area contributed by atoms with Gasteiger partial charge in [-0.15, -0.1) is 12.4 Å². The summed E-state index contributed by atoms with van der Waals surface area (Å²) in [6.45, 7) is 0.996. The van der Waals surface area contributed by atoms with Crippen LogP contribution in [0.3, 0.4) is 0 Å². The van der Waals surface area contributed by atoms with Crippen LogP contribution in [0.1, 0.15) is 31.2 Å². The predicted octanol–water partition coefficient (Wildman–Crippen LogP) is 1.40. The largest absolute Gasteiger partial charge is 0.355 e. The van der Waals surface area contributed by atoms with Crippen molar-refractivity contribution in [3.63, 3.8) is 0 Å². The lowest BCUT2D eigenvalue weighted by atomic mass is 10.0. The highest BCUT2D eigenvalue weighted by molar-refractivity contribution is 5.85. The molecule has 0 spiro atoms. The Kier molecular flexibility index (Phi) is 8.66. The van der Waals surface area contributed by atoms with E-state index in [-0.39, 0.29) is 30.3 Å². The van der Waals surface area contributed by atoms with Crippen LogP contribution in [0.5, 0.6) is 0 Å². The Hall–Kier alpha value is -1.59. The van der Waals surface area contributed by atoms with E-state index in [9.17, 15) is 9.59 Å². The molecule has 1 aromatic carbocycles. The second-order valence-corrected chi connectivity index (χ2v) is 5.86. The van der Waals surface area contributed by atoms with Crippen molar-refractivity contribution in [1.82, 2.24) is 10.6 Å². The zero-order valence-corrected chi connectivity index (χ0v) is 14.1. The first-order valence-corrected chi connectivity index (χ1v) is 7.99. The molecule has 0 bridgehead atoms. The molecule has 4 N–H and O–H groups in total. The standard InChI is InChI=1S/C17H25N3O2.ClH/c18-12-14-7-4-8-15(14)20-16(21)9-10-19-17(22)11-13-5-2-1-3-6-13;/h1-3,5-6,14-15H,4,7-12,18H2,(H,19,22)(H,20,21);1H. The van der Waals surface area contributed by atoms with E-state index < -0.39 is 0 Å². The maximum Gasteiger partial charge on any atom is 0.224 e. The summed E-state index contributed by atoms with van der Waals surface area (Å²) in [5.41, 5.74) is 6.68. The summed E-state index contributed by atoms with van der Waals surface area (Å²) < 4.78 is 0. The van der Waals surface area contributed by atoms with Crippen molar-refractivity contribution in [3.05, 3.63) is 35.9 Å². The van der Waals surface area contributed by atoms with Crippen molar-refractivity contribution >= 4 is 24.2 Å². The van der Waals surface area contributed by atoms with Crippen molar-refractivity contribution in [3.8, 4) is 0 Å². The summed E-state index contributed by atoms with van der Waals surface area (Å²) in [6.07, 6.45) is 3.89. The Morgan fingerprint density at radius 1 is 1.13 bits per heavy atom. The van der Waals surface area contributed by atoms with Gasteiger partial charge in [-0.2, -0.15) is 0 Å². The van der Waals surface area contributed by atoms with Crippen molar-refractivity contribution in [1.29, 1.82) is 0 Å². The van der Waals surface area contributed by atoms with Gasteiger partial charge >= 0.3 is 0 Å². The average Bonchev–Trinajstić information content (AvgIpc) is 2.95. The second kappa shape index (κ2) is 10.2. The van der Waals surface area contributed by atoms with Crippen LogP contribution in [-0.4, -0.2) is 30.9 Å². The lowest BCUT2D eigenvalue weighted by molar-refractivity contribution is -0.122. The molecule has 2 unspecified atom stereocenters. The molecule has 128 valence electrons. The van der Waals surface area contributed by atoms with Gasteiger partial charge in [-0.05, 0) is 30.9 Å². The van der Waals surface area contributed by atoms with Crippen molar-refractivity contribution in [2.75, 3.05) is 13.1 Å². The minimum Gasteiger partial charge on any atom is -0.355 e. The smallest absolute Gasteiger partial charge is 0.224 e. The van der Waals surface area contributed by atoms with Crippen LogP contribution in [0.15, 0.2) is 30.3 Å². The molecule has 1 aromatic rings. The molecule has 0 saturated heterocycles. The first-order chi connectivity index (χ1) is 10.7. The number of carbonyl (C=O) groups is 2. The van der Waals surface area contributed by atoms with E-state index in [1.165, 1.54) is 0 Å². The number of halogens is 1. The third-order valence-electron chi connectivity index (χ3n) is 4.19. The van der Waals surface area contributed by atoms with Gasteiger partial charge in [0.05, 0.1) is 6.42 Å². The van der Waals surface area contributed by atoms with E-state index in [1.807, 2.05) is 30.3 Å². The molecule has 0 aromatic heterocycles. The van der Waals surface area contributed by atoms with Gasteiger partial charge in [-0.1, -0.05) is 36.8 Å². The number of nitrogens with one attached hydrogen (secondary N) is 2. The number of nitrogens with two attached hydrogens (primary N) is 1. The molecular formula is C17H26ClN3O2. The summed E-state index contributed by atoms with van der Waals surface area (Å²) in [5.74, 6) is 0.335. The molecular weight excluding hydrogens is 314 g/mol. The Labute approximate surface area is 143 Å². The molecule has 0 aliphatic heterocycles. The lowest BCUT2D eigenvalue weighted by Crippen LogP contribution is -2.41. The van der Waals surface area contributed by atoms with Gasteiger partial charge in [-0.25, -0.2) is 0 Å². The number of hydrogen-bond acceptors (Lipinski definition) is 3. The summed E-state index contributed by atoms with van der Waals surface area (Å²) >= 11 is 0. The van der Waals surface area contributed by atoms with Gasteiger partial charge in [0, 0.05) is 19.0 Å². The predicted molar refractivity (Wildman–Crippen MR) is 93.3 cm³/mol. The number of rotatable bonds is 7. The highest BCUT2D eigenvalue weighted by Crippen LogP contribution is 2.24. The molecule has 1 saturated carbocycles. The fourth-order valence-corrected chi connectivity index (χ4v) is 2.95. The second-order valence-electron chi connectivity index (χ2n) is 5.86. The lowest BCUT2D eigenvalue weighted by Gasteiger charge is -2.19. The Morgan fingerprint density at radius 3 is 2.57 bits per heavy atom. The van der Waals surface area contributed by atoms with Crippen LogP contribution < -0.4 is 16.4 Å². The molecule has 1 fully saturated rings. The molecule has 6 heteroatoms. The number of benzene rings is 1. The Morgan fingerprint density at radius 2 is 1.87 bits per heavy atom. The minimum absolute atomic E-state index is 0. The van der Waals surface area contributed by atoms with Crippen LogP contribution in [0.2, 0.25) is 0 Å². The Balaban J connectivity index is 0.00000264.